The number of hydrogen-bond acceptors (Lipinski definition) is 2. The van der Waals surface area contributed by atoms with Gasteiger partial charge in [0.1, 0.15) is 0 Å². The minimum Gasteiger partial charge on any atom is -0.462 e. The van der Waals surface area contributed by atoms with Crippen molar-refractivity contribution in [2.24, 2.45) is 0 Å². The van der Waals surface area contributed by atoms with Crippen molar-refractivity contribution in [1.82, 2.24) is 0 Å². The minimum absolute atomic E-state index is 0.329. The number of halogens is 1. The molecule has 1 rings (SSSR count). The number of benzene rings is 1. The Kier molecular flexibility index (Phi) is 4.37. The second kappa shape index (κ2) is 5.56. The third-order valence-electron chi connectivity index (χ3n) is 1.91. The van der Waals surface area contributed by atoms with Gasteiger partial charge in [0.2, 0.25) is 0 Å². The van der Waals surface area contributed by atoms with E-state index in [-0.39, 0.29) is 5.97 Å². The fourth-order valence-electron chi connectivity index (χ4n) is 1.08. The predicted molar refractivity (Wildman–Crippen MR) is 60.9 cm³/mol. The average molecular weight is 225 g/mol. The number of hydrogen-bond donors (Lipinski definition) is 0. The van der Waals surface area contributed by atoms with Crippen LogP contribution >= 0.6 is 11.6 Å². The zero-order chi connectivity index (χ0) is 11.3. The van der Waals surface area contributed by atoms with E-state index >= 15 is 0 Å². The lowest BCUT2D eigenvalue weighted by Crippen LogP contribution is -2.08. The summed E-state index contributed by atoms with van der Waals surface area (Å²) in [4.78, 5) is 11.1. The maximum atomic E-state index is 11.1. The van der Waals surface area contributed by atoms with Crippen molar-refractivity contribution in [1.29, 1.82) is 0 Å². The molecule has 1 aromatic rings. The standard InChI is InChI=1S/C12H13ClO2/c1-9(2)12(14)15-8-7-10-5-3-4-6-11(10)13/h3-6H,1,7-8H2,2H3. The molecule has 1 aromatic carbocycles. The van der Waals surface area contributed by atoms with Gasteiger partial charge in [-0.05, 0) is 18.6 Å². The van der Waals surface area contributed by atoms with Crippen LogP contribution in [0.2, 0.25) is 5.02 Å². The first-order valence-corrected chi connectivity index (χ1v) is 5.05. The molecule has 0 atom stereocenters. The predicted octanol–water partition coefficient (Wildman–Crippen LogP) is 3.00. The van der Waals surface area contributed by atoms with Crippen molar-refractivity contribution in [2.75, 3.05) is 6.61 Å². The van der Waals surface area contributed by atoms with Crippen LogP contribution in [0.15, 0.2) is 36.4 Å². The molecule has 0 unspecified atom stereocenters. The van der Waals surface area contributed by atoms with Crippen LogP contribution in [0.4, 0.5) is 0 Å². The Morgan fingerprint density at radius 3 is 2.73 bits per heavy atom. The molecule has 0 spiro atoms. The van der Waals surface area contributed by atoms with Crippen LogP contribution in [0.5, 0.6) is 0 Å². The average Bonchev–Trinajstić information content (AvgIpc) is 2.20. The Balaban J connectivity index is 2.42. The largest absolute Gasteiger partial charge is 0.462 e. The summed E-state index contributed by atoms with van der Waals surface area (Å²) in [5.41, 5.74) is 1.39. The molecule has 0 fully saturated rings. The molecular formula is C12H13ClO2. The lowest BCUT2D eigenvalue weighted by atomic mass is 10.2. The van der Waals surface area contributed by atoms with E-state index < -0.39 is 0 Å². The van der Waals surface area contributed by atoms with E-state index in [0.717, 1.165) is 5.56 Å². The summed E-state index contributed by atoms with van der Waals surface area (Å²) < 4.78 is 4.97. The van der Waals surface area contributed by atoms with Gasteiger partial charge in [0.15, 0.2) is 0 Å². The maximum absolute atomic E-state index is 11.1. The van der Waals surface area contributed by atoms with E-state index in [1.807, 2.05) is 24.3 Å². The summed E-state index contributed by atoms with van der Waals surface area (Å²) >= 11 is 5.94. The van der Waals surface area contributed by atoms with Crippen molar-refractivity contribution >= 4 is 17.6 Å². The lowest BCUT2D eigenvalue weighted by Gasteiger charge is -2.05. The normalized spacial score (nSPS) is 9.73. The summed E-state index contributed by atoms with van der Waals surface area (Å²) in [5, 5.41) is 0.698. The summed E-state index contributed by atoms with van der Waals surface area (Å²) in [6.45, 7) is 5.45. The first-order valence-electron chi connectivity index (χ1n) is 4.67. The third kappa shape index (κ3) is 3.76. The summed E-state index contributed by atoms with van der Waals surface area (Å²) in [7, 11) is 0. The summed E-state index contributed by atoms with van der Waals surface area (Å²) in [6.07, 6.45) is 0.624. The number of rotatable bonds is 4. The lowest BCUT2D eigenvalue weighted by molar-refractivity contribution is -0.138. The van der Waals surface area contributed by atoms with Crippen LogP contribution in [-0.2, 0) is 16.0 Å². The Bertz CT molecular complexity index is 372. The molecule has 0 amide bonds. The quantitative estimate of drug-likeness (QED) is 0.581. The second-order valence-electron chi connectivity index (χ2n) is 3.26. The fraction of sp³-hybridized carbons (Fsp3) is 0.250. The molecule has 3 heteroatoms. The highest BCUT2D eigenvalue weighted by Gasteiger charge is 2.04. The fourth-order valence-corrected chi connectivity index (χ4v) is 1.31. The van der Waals surface area contributed by atoms with Crippen molar-refractivity contribution < 1.29 is 9.53 Å². The molecule has 0 aliphatic heterocycles. The monoisotopic (exact) mass is 224 g/mol. The summed E-state index contributed by atoms with van der Waals surface area (Å²) in [5.74, 6) is -0.359. The first kappa shape index (κ1) is 11.8. The Labute approximate surface area is 94.5 Å². The highest BCUT2D eigenvalue weighted by atomic mass is 35.5. The zero-order valence-electron chi connectivity index (χ0n) is 8.63. The van der Waals surface area contributed by atoms with Crippen LogP contribution < -0.4 is 0 Å². The Morgan fingerprint density at radius 1 is 1.47 bits per heavy atom. The Hall–Kier alpha value is -1.28. The van der Waals surface area contributed by atoms with E-state index in [1.54, 1.807) is 6.92 Å². The van der Waals surface area contributed by atoms with Crippen molar-refractivity contribution in [3.63, 3.8) is 0 Å². The van der Waals surface area contributed by atoms with Gasteiger partial charge in [-0.1, -0.05) is 36.4 Å². The van der Waals surface area contributed by atoms with E-state index in [2.05, 4.69) is 6.58 Å². The van der Waals surface area contributed by atoms with Crippen LogP contribution in [0.25, 0.3) is 0 Å². The van der Waals surface area contributed by atoms with Crippen LogP contribution in [0.1, 0.15) is 12.5 Å². The number of esters is 1. The maximum Gasteiger partial charge on any atom is 0.333 e. The third-order valence-corrected chi connectivity index (χ3v) is 2.28. The van der Waals surface area contributed by atoms with Gasteiger partial charge in [-0.3, -0.25) is 0 Å². The summed E-state index contributed by atoms with van der Waals surface area (Å²) in [6, 6.07) is 7.50. The van der Waals surface area contributed by atoms with Gasteiger partial charge in [0.25, 0.3) is 0 Å². The molecule has 0 saturated heterocycles. The van der Waals surface area contributed by atoms with Gasteiger partial charge >= 0.3 is 5.97 Å². The SMILES string of the molecule is C=C(C)C(=O)OCCc1ccccc1Cl. The van der Waals surface area contributed by atoms with Gasteiger partial charge in [0.05, 0.1) is 6.61 Å². The molecule has 15 heavy (non-hydrogen) atoms. The Morgan fingerprint density at radius 2 is 2.13 bits per heavy atom. The van der Waals surface area contributed by atoms with E-state index in [0.29, 0.717) is 23.6 Å². The topological polar surface area (TPSA) is 26.3 Å². The molecule has 0 aliphatic carbocycles. The molecule has 0 saturated carbocycles. The minimum atomic E-state index is -0.359. The van der Waals surface area contributed by atoms with Crippen molar-refractivity contribution in [3.05, 3.63) is 47.0 Å². The highest BCUT2D eigenvalue weighted by molar-refractivity contribution is 6.31. The van der Waals surface area contributed by atoms with Crippen LogP contribution in [0.3, 0.4) is 0 Å². The van der Waals surface area contributed by atoms with E-state index in [4.69, 9.17) is 16.3 Å². The number of ether oxygens (including phenoxy) is 1. The first-order chi connectivity index (χ1) is 7.11. The van der Waals surface area contributed by atoms with Crippen LogP contribution in [-0.4, -0.2) is 12.6 Å². The van der Waals surface area contributed by atoms with Crippen LogP contribution in [0, 0.1) is 0 Å². The molecule has 0 bridgehead atoms. The second-order valence-corrected chi connectivity index (χ2v) is 3.66. The molecule has 80 valence electrons. The van der Waals surface area contributed by atoms with Gasteiger partial charge < -0.3 is 4.74 Å². The molecule has 0 radical (unpaired) electrons. The molecule has 0 heterocycles. The molecule has 0 aromatic heterocycles. The smallest absolute Gasteiger partial charge is 0.333 e. The van der Waals surface area contributed by atoms with Crippen molar-refractivity contribution in [3.8, 4) is 0 Å². The van der Waals surface area contributed by atoms with Gasteiger partial charge in [-0.15, -0.1) is 0 Å². The van der Waals surface area contributed by atoms with Gasteiger partial charge in [0, 0.05) is 17.0 Å². The number of carbonyl (C=O) groups is 1. The number of carbonyl (C=O) groups excluding carboxylic acids is 1. The van der Waals surface area contributed by atoms with E-state index in [1.165, 1.54) is 0 Å². The molecular weight excluding hydrogens is 212 g/mol. The molecule has 0 N–H and O–H groups in total. The zero-order valence-corrected chi connectivity index (χ0v) is 9.38. The highest BCUT2D eigenvalue weighted by Crippen LogP contribution is 2.15. The van der Waals surface area contributed by atoms with Gasteiger partial charge in [-0.2, -0.15) is 0 Å². The van der Waals surface area contributed by atoms with E-state index in [9.17, 15) is 4.79 Å². The van der Waals surface area contributed by atoms with Gasteiger partial charge in [-0.25, -0.2) is 4.79 Å². The molecule has 2 nitrogen and oxygen atoms in total. The van der Waals surface area contributed by atoms with Crippen molar-refractivity contribution in [2.45, 2.75) is 13.3 Å². The molecule has 0 aliphatic rings.